The van der Waals surface area contributed by atoms with E-state index in [0.29, 0.717) is 16.5 Å². The largest absolute Gasteiger partial charge is 0.514 e. The highest BCUT2D eigenvalue weighted by molar-refractivity contribution is 5.97. The number of rotatable bonds is 8. The molecular formula is C24H20O7. The van der Waals surface area contributed by atoms with Gasteiger partial charge in [0.05, 0.1) is 0 Å². The van der Waals surface area contributed by atoms with Gasteiger partial charge in [-0.3, -0.25) is 0 Å². The highest BCUT2D eigenvalue weighted by Gasteiger charge is 2.21. The van der Waals surface area contributed by atoms with Crippen LogP contribution >= 0.6 is 0 Å². The molecule has 7 heteroatoms. The van der Waals surface area contributed by atoms with E-state index in [9.17, 15) is 9.59 Å². The van der Waals surface area contributed by atoms with Crippen LogP contribution in [0.2, 0.25) is 0 Å². The Hall–Kier alpha value is -4.26. The molecule has 7 nitrogen and oxygen atoms in total. The lowest BCUT2D eigenvalue weighted by Gasteiger charge is -2.16. The summed E-state index contributed by atoms with van der Waals surface area (Å²) in [5, 5.41) is 0.975. The second-order valence-corrected chi connectivity index (χ2v) is 6.07. The number of hydrogen-bond acceptors (Lipinski definition) is 7. The van der Waals surface area contributed by atoms with Crippen LogP contribution in [0.4, 0.5) is 9.59 Å². The Labute approximate surface area is 179 Å². The maximum Gasteiger partial charge on any atom is 0.514 e. The molecule has 3 aromatic carbocycles. The van der Waals surface area contributed by atoms with Gasteiger partial charge in [-0.05, 0) is 12.1 Å². The van der Waals surface area contributed by atoms with Crippen molar-refractivity contribution in [3.8, 4) is 23.0 Å². The average molecular weight is 420 g/mol. The monoisotopic (exact) mass is 420 g/mol. The van der Waals surface area contributed by atoms with Crippen LogP contribution in [-0.4, -0.2) is 25.5 Å². The predicted octanol–water partition coefficient (Wildman–Crippen LogP) is 6.03. The Bertz CT molecular complexity index is 1090. The van der Waals surface area contributed by atoms with Crippen molar-refractivity contribution in [1.29, 1.82) is 0 Å². The molecular weight excluding hydrogens is 400 g/mol. The number of carbonyl (C=O) groups is 2. The highest BCUT2D eigenvalue weighted by atomic mass is 16.7. The summed E-state index contributed by atoms with van der Waals surface area (Å²) < 4.78 is 26.6. The Morgan fingerprint density at radius 3 is 1.97 bits per heavy atom. The first kappa shape index (κ1) is 21.4. The first-order chi connectivity index (χ1) is 15.1. The molecule has 0 heterocycles. The van der Waals surface area contributed by atoms with Gasteiger partial charge in [-0.1, -0.05) is 67.8 Å². The minimum absolute atomic E-state index is 0.000473. The third kappa shape index (κ3) is 5.63. The molecule has 0 aliphatic carbocycles. The molecule has 3 aromatic rings. The summed E-state index contributed by atoms with van der Waals surface area (Å²) in [6, 6.07) is 17.2. The molecule has 158 valence electrons. The van der Waals surface area contributed by atoms with Gasteiger partial charge in [-0.25, -0.2) is 9.59 Å². The molecule has 0 radical (unpaired) electrons. The second-order valence-electron chi connectivity index (χ2n) is 6.07. The van der Waals surface area contributed by atoms with E-state index in [1.807, 2.05) is 6.07 Å². The summed E-state index contributed by atoms with van der Waals surface area (Å²) in [7, 11) is 0. The highest BCUT2D eigenvalue weighted by Crippen LogP contribution is 2.43. The van der Waals surface area contributed by atoms with Crippen molar-refractivity contribution in [3.05, 3.63) is 86.0 Å². The molecule has 0 aliphatic heterocycles. The summed E-state index contributed by atoms with van der Waals surface area (Å²) in [6.07, 6.45) is 1.01. The van der Waals surface area contributed by atoms with E-state index in [1.165, 1.54) is 18.2 Å². The number of hydrogen-bond donors (Lipinski definition) is 0. The number of benzene rings is 3. The third-order valence-corrected chi connectivity index (χ3v) is 3.91. The van der Waals surface area contributed by atoms with E-state index < -0.39 is 12.3 Å². The first-order valence-corrected chi connectivity index (χ1v) is 9.32. The van der Waals surface area contributed by atoms with Crippen molar-refractivity contribution in [2.45, 2.75) is 0 Å². The van der Waals surface area contributed by atoms with Gasteiger partial charge in [0.2, 0.25) is 0 Å². The van der Waals surface area contributed by atoms with Crippen molar-refractivity contribution in [3.63, 3.8) is 0 Å². The van der Waals surface area contributed by atoms with Gasteiger partial charge in [0, 0.05) is 16.8 Å². The molecule has 0 atom stereocenters. The molecule has 0 bridgehead atoms. The Morgan fingerprint density at radius 2 is 1.32 bits per heavy atom. The van der Waals surface area contributed by atoms with Crippen molar-refractivity contribution in [2.75, 3.05) is 13.2 Å². The van der Waals surface area contributed by atoms with E-state index in [4.69, 9.17) is 23.7 Å². The average Bonchev–Trinajstić information content (AvgIpc) is 2.79. The summed E-state index contributed by atoms with van der Waals surface area (Å²) in [6.45, 7) is 6.98. The molecule has 0 saturated carbocycles. The molecule has 0 aliphatic rings. The number of para-hydroxylation sites is 1. The molecule has 0 saturated heterocycles. The number of fused-ring (bicyclic) bond motifs is 1. The van der Waals surface area contributed by atoms with Crippen molar-refractivity contribution in [1.82, 2.24) is 0 Å². The molecule has 0 aromatic heterocycles. The topological polar surface area (TPSA) is 80.3 Å². The fraction of sp³-hybridized carbons (Fsp3) is 0.0833. The standard InChI is InChI=1S/C24H20O7/c1-3-14-27-23(25)30-20-16-21(29-17-10-6-5-7-11-17)22(31-24(26)28-15-4-2)19-13-9-8-12-18(19)20/h3-13,16H,1-2,14-15H2. The quantitative estimate of drug-likeness (QED) is 0.250. The zero-order valence-corrected chi connectivity index (χ0v) is 16.6. The van der Waals surface area contributed by atoms with Crippen LogP contribution in [0, 0.1) is 0 Å². The Balaban J connectivity index is 2.07. The molecule has 3 rings (SSSR count). The number of ether oxygens (including phenoxy) is 5. The number of carbonyl (C=O) groups excluding carboxylic acids is 2. The van der Waals surface area contributed by atoms with Crippen LogP contribution in [0.1, 0.15) is 0 Å². The molecule has 0 spiro atoms. The maximum absolute atomic E-state index is 12.1. The van der Waals surface area contributed by atoms with Gasteiger partial charge in [-0.15, -0.1) is 0 Å². The maximum atomic E-state index is 12.1. The van der Waals surface area contributed by atoms with Gasteiger partial charge in [0.25, 0.3) is 0 Å². The van der Waals surface area contributed by atoms with E-state index in [1.54, 1.807) is 48.5 Å². The van der Waals surface area contributed by atoms with Crippen molar-refractivity contribution < 1.29 is 33.3 Å². The molecule has 31 heavy (non-hydrogen) atoms. The van der Waals surface area contributed by atoms with E-state index in [2.05, 4.69) is 13.2 Å². The smallest absolute Gasteiger partial charge is 0.453 e. The van der Waals surface area contributed by atoms with Crippen LogP contribution < -0.4 is 14.2 Å². The lowest BCUT2D eigenvalue weighted by atomic mass is 10.1. The van der Waals surface area contributed by atoms with Gasteiger partial charge in [0.15, 0.2) is 11.5 Å². The van der Waals surface area contributed by atoms with Gasteiger partial charge in [0.1, 0.15) is 24.7 Å². The molecule has 0 fully saturated rings. The zero-order valence-electron chi connectivity index (χ0n) is 16.6. The van der Waals surface area contributed by atoms with Crippen LogP contribution in [0.5, 0.6) is 23.0 Å². The van der Waals surface area contributed by atoms with Crippen LogP contribution in [0.3, 0.4) is 0 Å². The SMILES string of the molecule is C=CCOC(=O)Oc1cc(Oc2ccccc2)c(OC(=O)OCC=C)c2ccccc12. The minimum Gasteiger partial charge on any atom is -0.453 e. The van der Waals surface area contributed by atoms with E-state index in [-0.39, 0.29) is 30.5 Å². The zero-order chi connectivity index (χ0) is 22.1. The summed E-state index contributed by atoms with van der Waals surface area (Å²) in [5.41, 5.74) is 0. The lowest BCUT2D eigenvalue weighted by Crippen LogP contribution is -2.13. The third-order valence-electron chi connectivity index (χ3n) is 3.91. The molecule has 0 amide bonds. The fourth-order valence-corrected chi connectivity index (χ4v) is 2.66. The van der Waals surface area contributed by atoms with E-state index in [0.717, 1.165) is 0 Å². The van der Waals surface area contributed by atoms with Gasteiger partial charge < -0.3 is 23.7 Å². The summed E-state index contributed by atoms with van der Waals surface area (Å²) in [4.78, 5) is 24.2. The second kappa shape index (κ2) is 10.5. The first-order valence-electron chi connectivity index (χ1n) is 9.32. The van der Waals surface area contributed by atoms with Crippen LogP contribution in [0.25, 0.3) is 10.8 Å². The normalized spacial score (nSPS) is 10.1. The predicted molar refractivity (Wildman–Crippen MR) is 115 cm³/mol. The van der Waals surface area contributed by atoms with Crippen LogP contribution in [-0.2, 0) is 9.47 Å². The van der Waals surface area contributed by atoms with Crippen LogP contribution in [0.15, 0.2) is 86.0 Å². The van der Waals surface area contributed by atoms with Gasteiger partial charge in [-0.2, -0.15) is 0 Å². The Morgan fingerprint density at radius 1 is 0.742 bits per heavy atom. The summed E-state index contributed by atoms with van der Waals surface area (Å²) >= 11 is 0. The van der Waals surface area contributed by atoms with Gasteiger partial charge >= 0.3 is 12.3 Å². The van der Waals surface area contributed by atoms with Crippen molar-refractivity contribution >= 4 is 23.1 Å². The Kier molecular flexibility index (Phi) is 7.26. The summed E-state index contributed by atoms with van der Waals surface area (Å²) in [5.74, 6) is 0.914. The fourth-order valence-electron chi connectivity index (χ4n) is 2.66. The molecule has 0 unspecified atom stereocenters. The van der Waals surface area contributed by atoms with E-state index >= 15 is 0 Å². The van der Waals surface area contributed by atoms with Crippen molar-refractivity contribution in [2.24, 2.45) is 0 Å². The minimum atomic E-state index is -0.929. The molecule has 0 N–H and O–H groups in total. The lowest BCUT2D eigenvalue weighted by molar-refractivity contribution is 0.107.